The summed E-state index contributed by atoms with van der Waals surface area (Å²) in [6, 6.07) is 12.2. The third-order valence-corrected chi connectivity index (χ3v) is 4.83. The Balaban J connectivity index is 1.53. The number of hydrogen-bond donors (Lipinski definition) is 2. The lowest BCUT2D eigenvalue weighted by Crippen LogP contribution is -2.34. The van der Waals surface area contributed by atoms with E-state index in [1.807, 2.05) is 31.2 Å². The van der Waals surface area contributed by atoms with Crippen molar-refractivity contribution >= 4 is 23.3 Å². The summed E-state index contributed by atoms with van der Waals surface area (Å²) in [6.07, 6.45) is 0.389. The lowest BCUT2D eigenvalue weighted by Gasteiger charge is -2.17. The van der Waals surface area contributed by atoms with Crippen molar-refractivity contribution in [3.63, 3.8) is 0 Å². The van der Waals surface area contributed by atoms with Gasteiger partial charge in [0.25, 0.3) is 0 Å². The van der Waals surface area contributed by atoms with Gasteiger partial charge in [-0.25, -0.2) is 4.79 Å². The predicted octanol–water partition coefficient (Wildman–Crippen LogP) is 3.28. The number of anilines is 2. The molecule has 2 aromatic carbocycles. The highest BCUT2D eigenvalue weighted by molar-refractivity contribution is 5.96. The number of ether oxygens (including phenoxy) is 3. The molecule has 1 heterocycles. The number of carbonyl (C=O) groups excluding carboxylic acids is 2. The standard InChI is InChI=1S/C22H27N3O5/c1-4-30-18-7-5-17(6-8-18)25-14-15(9-21(25)26)13-23-22(27)24-16-10-19(28-2)12-20(11-16)29-3/h5-8,10-12,15H,4,9,13-14H2,1-3H3,(H2,23,24,27)/t15-/m0/s1. The molecular weight excluding hydrogens is 386 g/mol. The lowest BCUT2D eigenvalue weighted by atomic mass is 10.1. The maximum Gasteiger partial charge on any atom is 0.319 e. The second kappa shape index (κ2) is 9.87. The van der Waals surface area contributed by atoms with E-state index in [9.17, 15) is 9.59 Å². The maximum absolute atomic E-state index is 12.4. The molecule has 1 aliphatic heterocycles. The van der Waals surface area contributed by atoms with Crippen molar-refractivity contribution in [1.29, 1.82) is 0 Å². The zero-order valence-corrected chi connectivity index (χ0v) is 17.4. The minimum atomic E-state index is -0.350. The van der Waals surface area contributed by atoms with E-state index in [4.69, 9.17) is 14.2 Å². The summed E-state index contributed by atoms with van der Waals surface area (Å²) in [5, 5.41) is 5.60. The Morgan fingerprint density at radius 3 is 2.33 bits per heavy atom. The molecule has 0 spiro atoms. The van der Waals surface area contributed by atoms with Crippen LogP contribution in [-0.4, -0.2) is 45.9 Å². The summed E-state index contributed by atoms with van der Waals surface area (Å²) in [7, 11) is 3.09. The van der Waals surface area contributed by atoms with E-state index in [1.165, 1.54) is 0 Å². The van der Waals surface area contributed by atoms with Gasteiger partial charge in [-0.3, -0.25) is 4.79 Å². The number of methoxy groups -OCH3 is 2. The van der Waals surface area contributed by atoms with Crippen LogP contribution < -0.4 is 29.7 Å². The molecule has 0 aliphatic carbocycles. The van der Waals surface area contributed by atoms with Crippen molar-refractivity contribution in [2.45, 2.75) is 13.3 Å². The fourth-order valence-corrected chi connectivity index (χ4v) is 3.35. The number of amides is 3. The zero-order chi connectivity index (χ0) is 21.5. The van der Waals surface area contributed by atoms with Gasteiger partial charge in [0.05, 0.1) is 20.8 Å². The van der Waals surface area contributed by atoms with E-state index in [0.717, 1.165) is 11.4 Å². The maximum atomic E-state index is 12.4. The summed E-state index contributed by atoms with van der Waals surface area (Å²) in [5.74, 6) is 2.02. The molecule has 2 N–H and O–H groups in total. The molecule has 1 atom stereocenters. The van der Waals surface area contributed by atoms with E-state index in [0.29, 0.717) is 43.3 Å². The molecule has 1 saturated heterocycles. The lowest BCUT2D eigenvalue weighted by molar-refractivity contribution is -0.117. The number of nitrogens with zero attached hydrogens (tertiary/aromatic N) is 1. The van der Waals surface area contributed by atoms with Crippen LogP contribution in [-0.2, 0) is 4.79 Å². The van der Waals surface area contributed by atoms with Gasteiger partial charge in [0.2, 0.25) is 5.91 Å². The summed E-state index contributed by atoms with van der Waals surface area (Å²) in [6.45, 7) is 3.48. The first-order chi connectivity index (χ1) is 14.5. The molecule has 0 radical (unpaired) electrons. The highest BCUT2D eigenvalue weighted by Gasteiger charge is 2.30. The SMILES string of the molecule is CCOc1ccc(N2C[C@H](CNC(=O)Nc3cc(OC)cc(OC)c3)CC2=O)cc1. The molecular formula is C22H27N3O5. The Morgan fingerprint density at radius 2 is 1.73 bits per heavy atom. The van der Waals surface area contributed by atoms with Crippen LogP contribution in [0.15, 0.2) is 42.5 Å². The second-order valence-electron chi connectivity index (χ2n) is 6.94. The summed E-state index contributed by atoms with van der Waals surface area (Å²) < 4.78 is 15.8. The van der Waals surface area contributed by atoms with Crippen molar-refractivity contribution in [1.82, 2.24) is 5.32 Å². The molecule has 160 valence electrons. The first kappa shape index (κ1) is 21.3. The number of benzene rings is 2. The normalized spacial score (nSPS) is 15.6. The molecule has 1 aliphatic rings. The van der Waals surface area contributed by atoms with Crippen LogP contribution in [0.3, 0.4) is 0 Å². The third-order valence-electron chi connectivity index (χ3n) is 4.83. The van der Waals surface area contributed by atoms with Crippen LogP contribution in [0.2, 0.25) is 0 Å². The van der Waals surface area contributed by atoms with Gasteiger partial charge in [0.15, 0.2) is 0 Å². The molecule has 3 amide bonds. The monoisotopic (exact) mass is 413 g/mol. The topological polar surface area (TPSA) is 89.1 Å². The fourth-order valence-electron chi connectivity index (χ4n) is 3.35. The summed E-state index contributed by atoms with van der Waals surface area (Å²) >= 11 is 0. The molecule has 0 unspecified atom stereocenters. The van der Waals surface area contributed by atoms with Gasteiger partial charge in [-0.15, -0.1) is 0 Å². The minimum absolute atomic E-state index is 0.0367. The van der Waals surface area contributed by atoms with Gasteiger partial charge in [-0.1, -0.05) is 0 Å². The molecule has 3 rings (SSSR count). The van der Waals surface area contributed by atoms with Crippen molar-refractivity contribution < 1.29 is 23.8 Å². The third kappa shape index (κ3) is 5.34. The fraction of sp³-hybridized carbons (Fsp3) is 0.364. The van der Waals surface area contributed by atoms with Gasteiger partial charge in [-0.05, 0) is 31.2 Å². The second-order valence-corrected chi connectivity index (χ2v) is 6.94. The van der Waals surface area contributed by atoms with Crippen LogP contribution in [0, 0.1) is 5.92 Å². The van der Waals surface area contributed by atoms with E-state index < -0.39 is 0 Å². The van der Waals surface area contributed by atoms with Crippen LogP contribution in [0.5, 0.6) is 17.2 Å². The highest BCUT2D eigenvalue weighted by atomic mass is 16.5. The predicted molar refractivity (Wildman–Crippen MR) is 115 cm³/mol. The highest BCUT2D eigenvalue weighted by Crippen LogP contribution is 2.27. The molecule has 2 aromatic rings. The van der Waals surface area contributed by atoms with Crippen LogP contribution in [0.25, 0.3) is 0 Å². The summed E-state index contributed by atoms with van der Waals surface area (Å²) in [4.78, 5) is 26.4. The Labute approximate surface area is 176 Å². The van der Waals surface area contributed by atoms with Crippen molar-refractivity contribution in [2.75, 3.05) is 44.1 Å². The first-order valence-electron chi connectivity index (χ1n) is 9.83. The zero-order valence-electron chi connectivity index (χ0n) is 17.4. The van der Waals surface area contributed by atoms with Crippen molar-refractivity contribution in [2.24, 2.45) is 5.92 Å². The van der Waals surface area contributed by atoms with E-state index in [2.05, 4.69) is 10.6 Å². The number of nitrogens with one attached hydrogen (secondary N) is 2. The van der Waals surface area contributed by atoms with Crippen LogP contribution in [0.1, 0.15) is 13.3 Å². The molecule has 0 bridgehead atoms. The summed E-state index contributed by atoms with van der Waals surface area (Å²) in [5.41, 5.74) is 1.39. The van der Waals surface area contributed by atoms with Gasteiger partial charge < -0.3 is 29.7 Å². The molecule has 8 nitrogen and oxygen atoms in total. The van der Waals surface area contributed by atoms with E-state index in [1.54, 1.807) is 37.3 Å². The average Bonchev–Trinajstić information content (AvgIpc) is 3.13. The van der Waals surface area contributed by atoms with Crippen LogP contribution >= 0.6 is 0 Å². The largest absolute Gasteiger partial charge is 0.497 e. The Kier molecular flexibility index (Phi) is 7.00. The van der Waals surface area contributed by atoms with E-state index >= 15 is 0 Å². The van der Waals surface area contributed by atoms with Gasteiger partial charge in [0.1, 0.15) is 17.2 Å². The Bertz CT molecular complexity index is 863. The Hall–Kier alpha value is -3.42. The molecule has 0 saturated carbocycles. The van der Waals surface area contributed by atoms with Crippen LogP contribution in [0.4, 0.5) is 16.2 Å². The molecule has 8 heteroatoms. The van der Waals surface area contributed by atoms with Crippen molar-refractivity contribution in [3.8, 4) is 17.2 Å². The number of rotatable bonds is 8. The van der Waals surface area contributed by atoms with Crippen molar-refractivity contribution in [3.05, 3.63) is 42.5 Å². The smallest absolute Gasteiger partial charge is 0.319 e. The molecule has 30 heavy (non-hydrogen) atoms. The number of urea groups is 1. The quantitative estimate of drug-likeness (QED) is 0.693. The van der Waals surface area contributed by atoms with Gasteiger partial charge >= 0.3 is 6.03 Å². The average molecular weight is 413 g/mol. The number of hydrogen-bond acceptors (Lipinski definition) is 5. The van der Waals surface area contributed by atoms with E-state index in [-0.39, 0.29) is 17.9 Å². The van der Waals surface area contributed by atoms with Gasteiger partial charge in [-0.2, -0.15) is 0 Å². The minimum Gasteiger partial charge on any atom is -0.497 e. The molecule has 0 aromatic heterocycles. The van der Waals surface area contributed by atoms with Gasteiger partial charge in [0, 0.05) is 55.0 Å². The molecule has 1 fully saturated rings. The first-order valence-corrected chi connectivity index (χ1v) is 9.83. The Morgan fingerprint density at radius 1 is 1.07 bits per heavy atom. The number of carbonyl (C=O) groups is 2.